The molecule has 0 saturated carbocycles. The van der Waals surface area contributed by atoms with Gasteiger partial charge < -0.3 is 4.57 Å². The molecule has 0 unspecified atom stereocenters. The number of aryl methyl sites for hydroxylation is 1. The zero-order chi connectivity index (χ0) is 17.3. The van der Waals surface area contributed by atoms with Crippen LogP contribution >= 0.6 is 12.2 Å². The summed E-state index contributed by atoms with van der Waals surface area (Å²) in [5.41, 5.74) is 3.50. The molecule has 126 valence electrons. The summed E-state index contributed by atoms with van der Waals surface area (Å²) >= 11 is 5.36. The van der Waals surface area contributed by atoms with Gasteiger partial charge in [-0.25, -0.2) is 0 Å². The van der Waals surface area contributed by atoms with Crippen molar-refractivity contribution >= 4 is 29.3 Å². The number of hydrogen-bond acceptors (Lipinski definition) is 3. The fourth-order valence-corrected chi connectivity index (χ4v) is 3.35. The van der Waals surface area contributed by atoms with Crippen molar-refractivity contribution in [1.82, 2.24) is 19.4 Å². The maximum Gasteiger partial charge on any atom is 0.216 e. The van der Waals surface area contributed by atoms with E-state index >= 15 is 0 Å². The van der Waals surface area contributed by atoms with Gasteiger partial charge in [-0.3, -0.25) is 5.10 Å². The van der Waals surface area contributed by atoms with Crippen LogP contribution in [0.1, 0.15) is 49.7 Å². The summed E-state index contributed by atoms with van der Waals surface area (Å²) in [7, 11) is 2.08. The average molecular weight is 341 g/mol. The zero-order valence-electron chi connectivity index (χ0n) is 14.6. The van der Waals surface area contributed by atoms with E-state index in [1.54, 1.807) is 4.68 Å². The van der Waals surface area contributed by atoms with E-state index in [0.717, 1.165) is 24.2 Å². The largest absolute Gasteiger partial charge is 0.347 e. The molecule has 3 aromatic rings. The Labute approximate surface area is 147 Å². The molecule has 0 aliphatic heterocycles. The Morgan fingerprint density at radius 3 is 2.71 bits per heavy atom. The van der Waals surface area contributed by atoms with E-state index in [4.69, 9.17) is 12.2 Å². The highest BCUT2D eigenvalue weighted by atomic mass is 32.1. The molecular weight excluding hydrogens is 318 g/mol. The van der Waals surface area contributed by atoms with Crippen LogP contribution in [0.2, 0.25) is 0 Å². The van der Waals surface area contributed by atoms with Gasteiger partial charge in [-0.05, 0) is 38.0 Å². The minimum atomic E-state index is 0.351. The third-order valence-corrected chi connectivity index (χ3v) is 5.04. The van der Waals surface area contributed by atoms with Crippen molar-refractivity contribution in [3.63, 3.8) is 0 Å². The van der Waals surface area contributed by atoms with Crippen LogP contribution in [0, 0.1) is 11.7 Å². The zero-order valence-corrected chi connectivity index (χ0v) is 15.4. The van der Waals surface area contributed by atoms with Gasteiger partial charge in [-0.1, -0.05) is 32.0 Å². The van der Waals surface area contributed by atoms with Crippen LogP contribution in [0.15, 0.2) is 29.4 Å². The number of para-hydroxylation sites is 1. The van der Waals surface area contributed by atoms with Crippen molar-refractivity contribution in [2.45, 2.75) is 39.5 Å². The molecule has 0 spiro atoms. The number of benzene rings is 1. The SMILES string of the molecule is CCC(CC)c1n[nH]c(=S)n1/N=C\c1c(C)n(C)c2ccccc12. The molecule has 0 radical (unpaired) electrons. The molecule has 2 heterocycles. The van der Waals surface area contributed by atoms with Gasteiger partial charge in [-0.15, -0.1) is 0 Å². The number of rotatable bonds is 5. The lowest BCUT2D eigenvalue weighted by molar-refractivity contribution is 0.571. The van der Waals surface area contributed by atoms with Gasteiger partial charge in [0.2, 0.25) is 4.77 Å². The minimum absolute atomic E-state index is 0.351. The summed E-state index contributed by atoms with van der Waals surface area (Å²) in [6.07, 6.45) is 3.92. The maximum absolute atomic E-state index is 5.36. The highest BCUT2D eigenvalue weighted by Crippen LogP contribution is 2.24. The average Bonchev–Trinajstić information content (AvgIpc) is 3.07. The fraction of sp³-hybridized carbons (Fsp3) is 0.389. The Bertz CT molecular complexity index is 940. The molecule has 24 heavy (non-hydrogen) atoms. The number of aromatic amines is 1. The highest BCUT2D eigenvalue weighted by Gasteiger charge is 2.15. The molecule has 0 aliphatic carbocycles. The van der Waals surface area contributed by atoms with Crippen LogP contribution in [-0.4, -0.2) is 25.7 Å². The summed E-state index contributed by atoms with van der Waals surface area (Å²) in [6, 6.07) is 8.36. The molecule has 2 aromatic heterocycles. The minimum Gasteiger partial charge on any atom is -0.347 e. The third kappa shape index (κ3) is 2.71. The van der Waals surface area contributed by atoms with Gasteiger partial charge in [0, 0.05) is 35.1 Å². The lowest BCUT2D eigenvalue weighted by Crippen LogP contribution is -2.05. The molecule has 1 aromatic carbocycles. The normalized spacial score (nSPS) is 12.0. The first-order chi connectivity index (χ1) is 11.6. The van der Waals surface area contributed by atoms with Crippen molar-refractivity contribution < 1.29 is 0 Å². The molecule has 0 atom stereocenters. The van der Waals surface area contributed by atoms with Gasteiger partial charge >= 0.3 is 0 Å². The lowest BCUT2D eigenvalue weighted by atomic mass is 10.0. The molecule has 0 fully saturated rings. The van der Waals surface area contributed by atoms with Crippen molar-refractivity contribution in [1.29, 1.82) is 0 Å². The second-order valence-corrected chi connectivity index (χ2v) is 6.42. The number of nitrogens with zero attached hydrogens (tertiary/aromatic N) is 4. The Balaban J connectivity index is 2.09. The second kappa shape index (κ2) is 6.73. The van der Waals surface area contributed by atoms with E-state index in [1.807, 2.05) is 6.21 Å². The molecule has 6 heteroatoms. The van der Waals surface area contributed by atoms with Crippen LogP contribution < -0.4 is 0 Å². The lowest BCUT2D eigenvalue weighted by Gasteiger charge is -2.10. The smallest absolute Gasteiger partial charge is 0.216 e. The molecule has 0 aliphatic rings. The summed E-state index contributed by atoms with van der Waals surface area (Å²) in [5, 5.41) is 13.1. The summed E-state index contributed by atoms with van der Waals surface area (Å²) in [4.78, 5) is 0. The van der Waals surface area contributed by atoms with Crippen LogP contribution in [0.3, 0.4) is 0 Å². The van der Waals surface area contributed by atoms with Crippen LogP contribution in [0.5, 0.6) is 0 Å². The quantitative estimate of drug-likeness (QED) is 0.548. The Kier molecular flexibility index (Phi) is 4.66. The maximum atomic E-state index is 5.36. The van der Waals surface area contributed by atoms with E-state index in [2.05, 4.69) is 72.0 Å². The van der Waals surface area contributed by atoms with Crippen LogP contribution in [0.4, 0.5) is 0 Å². The number of hydrogen-bond donors (Lipinski definition) is 1. The second-order valence-electron chi connectivity index (χ2n) is 6.03. The van der Waals surface area contributed by atoms with E-state index in [1.165, 1.54) is 16.6 Å². The summed E-state index contributed by atoms with van der Waals surface area (Å²) in [6.45, 7) is 6.43. The predicted molar refractivity (Wildman–Crippen MR) is 101 cm³/mol. The summed E-state index contributed by atoms with van der Waals surface area (Å²) < 4.78 is 4.48. The first kappa shape index (κ1) is 16.6. The molecule has 0 saturated heterocycles. The standard InChI is InChI=1S/C18H23N5S/c1-5-13(6-2)17-20-21-18(24)23(17)19-11-15-12(3)22(4)16-10-8-7-9-14(15)16/h7-11,13H,5-6H2,1-4H3,(H,21,24)/b19-11-. The Morgan fingerprint density at radius 1 is 1.29 bits per heavy atom. The van der Waals surface area contributed by atoms with E-state index in [-0.39, 0.29) is 0 Å². The molecule has 5 nitrogen and oxygen atoms in total. The predicted octanol–water partition coefficient (Wildman–Crippen LogP) is 4.53. The monoisotopic (exact) mass is 341 g/mol. The molecule has 1 N–H and O–H groups in total. The van der Waals surface area contributed by atoms with Gasteiger partial charge in [0.25, 0.3) is 0 Å². The highest BCUT2D eigenvalue weighted by molar-refractivity contribution is 7.71. The first-order valence-electron chi connectivity index (χ1n) is 8.34. The van der Waals surface area contributed by atoms with Crippen molar-refractivity contribution in [2.24, 2.45) is 12.1 Å². The Hall–Kier alpha value is -2.21. The van der Waals surface area contributed by atoms with Gasteiger partial charge in [0.05, 0.1) is 6.21 Å². The van der Waals surface area contributed by atoms with E-state index < -0.39 is 0 Å². The number of nitrogens with one attached hydrogen (secondary N) is 1. The van der Waals surface area contributed by atoms with Crippen molar-refractivity contribution in [3.8, 4) is 0 Å². The van der Waals surface area contributed by atoms with Crippen molar-refractivity contribution in [3.05, 3.63) is 46.1 Å². The van der Waals surface area contributed by atoms with E-state index in [9.17, 15) is 0 Å². The van der Waals surface area contributed by atoms with Gasteiger partial charge in [-0.2, -0.15) is 14.9 Å². The number of aromatic nitrogens is 4. The first-order valence-corrected chi connectivity index (χ1v) is 8.74. The fourth-order valence-electron chi connectivity index (χ4n) is 3.16. The molecule has 0 bridgehead atoms. The molecule has 0 amide bonds. The third-order valence-electron chi connectivity index (χ3n) is 4.78. The molecule has 3 rings (SSSR count). The van der Waals surface area contributed by atoms with E-state index in [0.29, 0.717) is 10.7 Å². The Morgan fingerprint density at radius 2 is 2.00 bits per heavy atom. The van der Waals surface area contributed by atoms with Gasteiger partial charge in [0.1, 0.15) is 0 Å². The number of fused-ring (bicyclic) bond motifs is 1. The summed E-state index contributed by atoms with van der Waals surface area (Å²) in [5.74, 6) is 1.25. The van der Waals surface area contributed by atoms with Crippen LogP contribution in [0.25, 0.3) is 10.9 Å². The topological polar surface area (TPSA) is 50.9 Å². The van der Waals surface area contributed by atoms with Crippen molar-refractivity contribution in [2.75, 3.05) is 0 Å². The van der Waals surface area contributed by atoms with Crippen LogP contribution in [-0.2, 0) is 7.05 Å². The van der Waals surface area contributed by atoms with Gasteiger partial charge in [0.15, 0.2) is 5.82 Å². The molecular formula is C18H23N5S. The number of H-pyrrole nitrogens is 1.